The number of aryl methyl sites for hydroxylation is 1. The minimum Gasteiger partial charge on any atom is -0.349 e. The monoisotopic (exact) mass is 458 g/mol. The second kappa shape index (κ2) is 10.3. The van der Waals surface area contributed by atoms with E-state index in [0.29, 0.717) is 17.7 Å². The van der Waals surface area contributed by atoms with Gasteiger partial charge in [-0.15, -0.1) is 0 Å². The summed E-state index contributed by atoms with van der Waals surface area (Å²) in [6, 6.07) is 17.3. The van der Waals surface area contributed by atoms with E-state index in [4.69, 9.17) is 0 Å². The van der Waals surface area contributed by atoms with Crippen LogP contribution in [0, 0.1) is 6.92 Å². The van der Waals surface area contributed by atoms with E-state index in [0.717, 1.165) is 23.2 Å². The third-order valence-corrected chi connectivity index (χ3v) is 5.92. The van der Waals surface area contributed by atoms with Crippen LogP contribution in [0.2, 0.25) is 0 Å². The van der Waals surface area contributed by atoms with Crippen LogP contribution in [0.4, 0.5) is 5.69 Å². The summed E-state index contributed by atoms with van der Waals surface area (Å²) in [4.78, 5) is 25.1. The number of nitrogens with zero attached hydrogens (tertiary/aromatic N) is 2. The normalized spacial score (nSPS) is 11.7. The highest BCUT2D eigenvalue weighted by Gasteiger charge is 2.12. The van der Waals surface area contributed by atoms with Crippen molar-refractivity contribution in [3.05, 3.63) is 100 Å². The Morgan fingerprint density at radius 2 is 1.94 bits per heavy atom. The number of nitrogens with one attached hydrogen (secondary N) is 2. The highest BCUT2D eigenvalue weighted by molar-refractivity contribution is 7.07. The van der Waals surface area contributed by atoms with Crippen LogP contribution in [0.1, 0.15) is 34.0 Å². The molecule has 6 nitrogen and oxygen atoms in total. The van der Waals surface area contributed by atoms with Crippen LogP contribution in [0.3, 0.4) is 0 Å². The first kappa shape index (κ1) is 22.5. The average Bonchev–Trinajstić information content (AvgIpc) is 3.46. The van der Waals surface area contributed by atoms with Crippen molar-refractivity contribution in [3.63, 3.8) is 0 Å². The van der Waals surface area contributed by atoms with Crippen LogP contribution >= 0.6 is 11.3 Å². The van der Waals surface area contributed by atoms with Gasteiger partial charge in [-0.1, -0.05) is 35.9 Å². The summed E-state index contributed by atoms with van der Waals surface area (Å²) in [6.07, 6.45) is 4.43. The Morgan fingerprint density at radius 1 is 1.09 bits per heavy atom. The zero-order chi connectivity index (χ0) is 23.2. The number of hydrogen-bond acceptors (Lipinski definition) is 4. The van der Waals surface area contributed by atoms with Crippen molar-refractivity contribution in [2.24, 2.45) is 0 Å². The summed E-state index contributed by atoms with van der Waals surface area (Å²) in [6.45, 7) is 4.00. The van der Waals surface area contributed by atoms with Gasteiger partial charge in [0, 0.05) is 11.6 Å². The van der Waals surface area contributed by atoms with Gasteiger partial charge in [0.15, 0.2) is 0 Å². The largest absolute Gasteiger partial charge is 0.349 e. The van der Waals surface area contributed by atoms with Gasteiger partial charge in [-0.3, -0.25) is 9.59 Å². The molecule has 0 saturated carbocycles. The SMILES string of the molecule is Cc1cccc(CC(=O)Nc2cnn(-c3cccc(C(=O)NC(C)Cc4ccsc4)c3)c2)c1. The fourth-order valence-electron chi connectivity index (χ4n) is 3.65. The molecule has 2 heterocycles. The van der Waals surface area contributed by atoms with Crippen LogP contribution in [0.25, 0.3) is 5.69 Å². The third-order valence-electron chi connectivity index (χ3n) is 5.19. The van der Waals surface area contributed by atoms with Crippen LogP contribution < -0.4 is 10.6 Å². The first-order valence-corrected chi connectivity index (χ1v) is 11.7. The first-order chi connectivity index (χ1) is 16.0. The van der Waals surface area contributed by atoms with Gasteiger partial charge < -0.3 is 10.6 Å². The summed E-state index contributed by atoms with van der Waals surface area (Å²) in [7, 11) is 0. The van der Waals surface area contributed by atoms with Gasteiger partial charge in [0.25, 0.3) is 5.91 Å². The predicted octanol–water partition coefficient (Wildman–Crippen LogP) is 4.78. The zero-order valence-electron chi connectivity index (χ0n) is 18.6. The number of anilines is 1. The Bertz CT molecular complexity index is 1250. The summed E-state index contributed by atoms with van der Waals surface area (Å²) in [5.74, 6) is -0.230. The van der Waals surface area contributed by atoms with Gasteiger partial charge in [0.2, 0.25) is 5.91 Å². The highest BCUT2D eigenvalue weighted by Crippen LogP contribution is 2.15. The molecule has 4 aromatic rings. The Kier molecular flexibility index (Phi) is 7.00. The molecule has 0 aliphatic carbocycles. The molecular weight excluding hydrogens is 432 g/mol. The van der Waals surface area contributed by atoms with E-state index in [-0.39, 0.29) is 17.9 Å². The summed E-state index contributed by atoms with van der Waals surface area (Å²) < 4.78 is 1.65. The topological polar surface area (TPSA) is 76.0 Å². The van der Waals surface area contributed by atoms with Gasteiger partial charge in [0.05, 0.1) is 30.2 Å². The van der Waals surface area contributed by atoms with E-state index in [1.165, 1.54) is 5.56 Å². The van der Waals surface area contributed by atoms with E-state index >= 15 is 0 Å². The second-order valence-electron chi connectivity index (χ2n) is 8.15. The Morgan fingerprint density at radius 3 is 2.73 bits per heavy atom. The minimum absolute atomic E-state index is 0.0238. The fraction of sp³-hybridized carbons (Fsp3) is 0.192. The van der Waals surface area contributed by atoms with Crippen LogP contribution in [0.5, 0.6) is 0 Å². The number of aromatic nitrogens is 2. The van der Waals surface area contributed by atoms with Crippen molar-refractivity contribution in [1.82, 2.24) is 15.1 Å². The van der Waals surface area contributed by atoms with E-state index in [1.54, 1.807) is 40.5 Å². The van der Waals surface area contributed by atoms with E-state index in [9.17, 15) is 9.59 Å². The first-order valence-electron chi connectivity index (χ1n) is 10.8. The lowest BCUT2D eigenvalue weighted by atomic mass is 10.1. The lowest BCUT2D eigenvalue weighted by Crippen LogP contribution is -2.34. The molecule has 1 atom stereocenters. The predicted molar refractivity (Wildman–Crippen MR) is 132 cm³/mol. The molecule has 0 bridgehead atoms. The highest BCUT2D eigenvalue weighted by atomic mass is 32.1. The molecule has 7 heteroatoms. The van der Waals surface area contributed by atoms with Gasteiger partial charge in [-0.25, -0.2) is 4.68 Å². The molecule has 0 saturated heterocycles. The molecule has 0 aliphatic rings. The second-order valence-corrected chi connectivity index (χ2v) is 8.93. The number of hydrogen-bond donors (Lipinski definition) is 2. The molecule has 2 aromatic carbocycles. The van der Waals surface area contributed by atoms with Crippen molar-refractivity contribution in [1.29, 1.82) is 0 Å². The van der Waals surface area contributed by atoms with Crippen molar-refractivity contribution in [2.75, 3.05) is 5.32 Å². The number of amides is 2. The van der Waals surface area contributed by atoms with Gasteiger partial charge in [-0.2, -0.15) is 16.4 Å². The molecular formula is C26H26N4O2S. The standard InChI is InChI=1S/C26H26N4O2S/c1-18-5-3-6-20(11-18)13-25(31)29-23-15-27-30(16-23)24-8-4-7-22(14-24)26(32)28-19(2)12-21-9-10-33-17-21/h3-11,14-17,19H,12-13H2,1-2H3,(H,28,32)(H,29,31). The average molecular weight is 459 g/mol. The van der Waals surface area contributed by atoms with Gasteiger partial charge >= 0.3 is 0 Å². The Hall–Kier alpha value is -3.71. The molecule has 33 heavy (non-hydrogen) atoms. The summed E-state index contributed by atoms with van der Waals surface area (Å²) in [5, 5.41) is 14.4. The molecule has 168 valence electrons. The lowest BCUT2D eigenvalue weighted by molar-refractivity contribution is -0.115. The summed E-state index contributed by atoms with van der Waals surface area (Å²) in [5.41, 5.74) is 5.21. The van der Waals surface area contributed by atoms with E-state index in [1.807, 2.05) is 55.6 Å². The molecule has 2 amide bonds. The Balaban J connectivity index is 1.38. The molecule has 0 spiro atoms. The number of benzene rings is 2. The molecule has 0 radical (unpaired) electrons. The van der Waals surface area contributed by atoms with E-state index < -0.39 is 0 Å². The van der Waals surface area contributed by atoms with Crippen molar-refractivity contribution < 1.29 is 9.59 Å². The van der Waals surface area contributed by atoms with Gasteiger partial charge in [0.1, 0.15) is 0 Å². The fourth-order valence-corrected chi connectivity index (χ4v) is 4.33. The maximum Gasteiger partial charge on any atom is 0.251 e. The van der Waals surface area contributed by atoms with Gasteiger partial charge in [-0.05, 0) is 66.4 Å². The van der Waals surface area contributed by atoms with Crippen LogP contribution in [-0.2, 0) is 17.6 Å². The summed E-state index contributed by atoms with van der Waals surface area (Å²) >= 11 is 1.65. The van der Waals surface area contributed by atoms with Crippen molar-refractivity contribution in [2.45, 2.75) is 32.7 Å². The number of thiophene rings is 1. The molecule has 2 aromatic heterocycles. The molecule has 0 aliphatic heterocycles. The maximum atomic E-state index is 12.7. The number of rotatable bonds is 8. The van der Waals surface area contributed by atoms with E-state index in [2.05, 4.69) is 27.2 Å². The third kappa shape index (κ3) is 6.17. The van der Waals surface area contributed by atoms with Crippen molar-refractivity contribution >= 4 is 28.8 Å². The quantitative estimate of drug-likeness (QED) is 0.399. The number of carbonyl (C=O) groups excluding carboxylic acids is 2. The molecule has 2 N–H and O–H groups in total. The Labute approximate surface area is 197 Å². The minimum atomic E-state index is -0.126. The zero-order valence-corrected chi connectivity index (χ0v) is 19.4. The molecule has 0 fully saturated rings. The number of carbonyl (C=O) groups is 2. The van der Waals surface area contributed by atoms with Crippen LogP contribution in [0.15, 0.2) is 77.8 Å². The lowest BCUT2D eigenvalue weighted by Gasteiger charge is -2.13. The smallest absolute Gasteiger partial charge is 0.251 e. The van der Waals surface area contributed by atoms with Crippen LogP contribution in [-0.4, -0.2) is 27.6 Å². The maximum absolute atomic E-state index is 12.7. The van der Waals surface area contributed by atoms with Crippen molar-refractivity contribution in [3.8, 4) is 5.69 Å². The molecule has 1 unspecified atom stereocenters. The molecule has 4 rings (SSSR count).